The molecule has 1 heterocycles. The fourth-order valence-corrected chi connectivity index (χ4v) is 2.85. The summed E-state index contributed by atoms with van der Waals surface area (Å²) in [6, 6.07) is 4.89. The third-order valence-electron chi connectivity index (χ3n) is 3.70. The molecule has 2 aromatic rings. The number of pyridine rings is 1. The molecule has 29 heavy (non-hydrogen) atoms. The lowest BCUT2D eigenvalue weighted by atomic mass is 10.1. The second-order valence-corrected chi connectivity index (χ2v) is 6.79. The van der Waals surface area contributed by atoms with Gasteiger partial charge in [0, 0.05) is 11.8 Å². The Balaban J connectivity index is 2.26. The Hall–Kier alpha value is -2.32. The molecule has 0 saturated heterocycles. The number of hydrogen-bond acceptors (Lipinski definition) is 5. The van der Waals surface area contributed by atoms with Crippen LogP contribution in [0.5, 0.6) is 0 Å². The molecule has 0 radical (unpaired) electrons. The average Bonchev–Trinajstić information content (AvgIpc) is 2.61. The summed E-state index contributed by atoms with van der Waals surface area (Å²) in [6.07, 6.45) is -4.84. The van der Waals surface area contributed by atoms with Gasteiger partial charge in [0.05, 0.1) is 39.9 Å². The van der Waals surface area contributed by atoms with E-state index < -0.39 is 29.8 Å². The number of carbonyl (C=O) groups excluding carboxylic acids is 2. The van der Waals surface area contributed by atoms with E-state index in [2.05, 4.69) is 4.98 Å². The standard InChI is InChI=1S/C19H16Cl2F3NO4/c1-3-28-16(26)6-10(2)29-18(27)13-7-11(4-5-14(13)20)17-15(21)8-12(9-25-17)19(22,23)24/h4-5,7-10H,3,6H2,1-2H3/t10-/m0/s1. The molecule has 0 spiro atoms. The van der Waals surface area contributed by atoms with Crippen LogP contribution in [0.15, 0.2) is 30.5 Å². The molecular formula is C19H16Cl2F3NO4. The Morgan fingerprint density at radius 1 is 1.17 bits per heavy atom. The highest BCUT2D eigenvalue weighted by Gasteiger charge is 2.31. The lowest BCUT2D eigenvalue weighted by Crippen LogP contribution is -2.20. The molecule has 0 saturated carbocycles. The predicted molar refractivity (Wildman–Crippen MR) is 101 cm³/mol. The maximum Gasteiger partial charge on any atom is 0.417 e. The number of alkyl halides is 3. The average molecular weight is 450 g/mol. The van der Waals surface area contributed by atoms with Crippen LogP contribution in [0.4, 0.5) is 13.2 Å². The molecule has 0 bridgehead atoms. The molecular weight excluding hydrogens is 434 g/mol. The number of carbonyl (C=O) groups is 2. The van der Waals surface area contributed by atoms with Gasteiger partial charge in [-0.1, -0.05) is 29.3 Å². The highest BCUT2D eigenvalue weighted by Crippen LogP contribution is 2.35. The fraction of sp³-hybridized carbons (Fsp3) is 0.316. The first-order chi connectivity index (χ1) is 13.5. The zero-order valence-electron chi connectivity index (χ0n) is 15.3. The Morgan fingerprint density at radius 2 is 1.86 bits per heavy atom. The molecule has 0 aliphatic heterocycles. The monoisotopic (exact) mass is 449 g/mol. The molecule has 1 atom stereocenters. The Kier molecular flexibility index (Phi) is 7.48. The molecule has 0 fully saturated rings. The van der Waals surface area contributed by atoms with Crippen molar-refractivity contribution in [2.75, 3.05) is 6.61 Å². The summed E-state index contributed by atoms with van der Waals surface area (Å²) in [5, 5.41) is -0.178. The SMILES string of the molecule is CCOC(=O)C[C@H](C)OC(=O)c1cc(-c2ncc(C(F)(F)F)cc2Cl)ccc1Cl. The van der Waals surface area contributed by atoms with Crippen molar-refractivity contribution in [2.24, 2.45) is 0 Å². The minimum Gasteiger partial charge on any atom is -0.466 e. The number of esters is 2. The second-order valence-electron chi connectivity index (χ2n) is 5.97. The van der Waals surface area contributed by atoms with E-state index in [1.807, 2.05) is 0 Å². The summed E-state index contributed by atoms with van der Waals surface area (Å²) in [5.41, 5.74) is -0.714. The number of ether oxygens (including phenoxy) is 2. The maximum absolute atomic E-state index is 12.8. The first-order valence-electron chi connectivity index (χ1n) is 8.42. The van der Waals surface area contributed by atoms with Crippen molar-refractivity contribution in [3.63, 3.8) is 0 Å². The summed E-state index contributed by atoms with van der Waals surface area (Å²) in [4.78, 5) is 27.6. The summed E-state index contributed by atoms with van der Waals surface area (Å²) >= 11 is 12.0. The van der Waals surface area contributed by atoms with Gasteiger partial charge in [-0.25, -0.2) is 4.79 Å². The normalized spacial score (nSPS) is 12.4. The number of nitrogens with zero attached hydrogens (tertiary/aromatic N) is 1. The van der Waals surface area contributed by atoms with E-state index in [9.17, 15) is 22.8 Å². The van der Waals surface area contributed by atoms with Gasteiger partial charge in [-0.15, -0.1) is 0 Å². The van der Waals surface area contributed by atoms with Crippen LogP contribution in [0, 0.1) is 0 Å². The van der Waals surface area contributed by atoms with Crippen LogP contribution in [0.3, 0.4) is 0 Å². The van der Waals surface area contributed by atoms with Crippen molar-refractivity contribution >= 4 is 35.1 Å². The smallest absolute Gasteiger partial charge is 0.417 e. The van der Waals surface area contributed by atoms with Crippen LogP contribution in [-0.4, -0.2) is 29.6 Å². The van der Waals surface area contributed by atoms with Crippen LogP contribution < -0.4 is 0 Å². The second kappa shape index (κ2) is 9.45. The Morgan fingerprint density at radius 3 is 2.45 bits per heavy atom. The van der Waals surface area contributed by atoms with Crippen LogP contribution >= 0.6 is 23.2 Å². The van der Waals surface area contributed by atoms with Gasteiger partial charge in [0.25, 0.3) is 0 Å². The molecule has 0 aliphatic carbocycles. The van der Waals surface area contributed by atoms with Gasteiger partial charge in [0.15, 0.2) is 0 Å². The van der Waals surface area contributed by atoms with E-state index in [0.29, 0.717) is 6.20 Å². The van der Waals surface area contributed by atoms with Crippen molar-refractivity contribution < 1.29 is 32.2 Å². The highest BCUT2D eigenvalue weighted by molar-refractivity contribution is 6.34. The minimum atomic E-state index is -4.58. The number of rotatable bonds is 6. The van der Waals surface area contributed by atoms with Gasteiger partial charge in [-0.05, 0) is 32.0 Å². The molecule has 10 heteroatoms. The summed E-state index contributed by atoms with van der Waals surface area (Å²) in [6.45, 7) is 3.37. The van der Waals surface area contributed by atoms with Crippen molar-refractivity contribution in [1.82, 2.24) is 4.98 Å². The molecule has 0 amide bonds. The molecule has 1 aromatic carbocycles. The van der Waals surface area contributed by atoms with Crippen LogP contribution in [0.1, 0.15) is 36.2 Å². The predicted octanol–water partition coefficient (Wildman–Crippen LogP) is 5.57. The minimum absolute atomic E-state index is 0.0439. The first-order valence-corrected chi connectivity index (χ1v) is 9.17. The van der Waals surface area contributed by atoms with Crippen molar-refractivity contribution in [3.8, 4) is 11.3 Å². The summed E-state index contributed by atoms with van der Waals surface area (Å²) in [5.74, 6) is -1.33. The van der Waals surface area contributed by atoms with Crippen molar-refractivity contribution in [2.45, 2.75) is 32.5 Å². The third-order valence-corrected chi connectivity index (χ3v) is 4.31. The zero-order chi connectivity index (χ0) is 21.8. The number of aromatic nitrogens is 1. The van der Waals surface area contributed by atoms with Gasteiger partial charge >= 0.3 is 18.1 Å². The molecule has 2 rings (SSSR count). The maximum atomic E-state index is 12.8. The van der Waals surface area contributed by atoms with Gasteiger partial charge in [0.2, 0.25) is 0 Å². The van der Waals surface area contributed by atoms with Crippen LogP contribution in [0.2, 0.25) is 10.0 Å². The fourth-order valence-electron chi connectivity index (χ4n) is 2.38. The van der Waals surface area contributed by atoms with Gasteiger partial charge < -0.3 is 9.47 Å². The highest BCUT2D eigenvalue weighted by atomic mass is 35.5. The van der Waals surface area contributed by atoms with Gasteiger partial charge in [0.1, 0.15) is 6.10 Å². The molecule has 1 aromatic heterocycles. The van der Waals surface area contributed by atoms with E-state index in [-0.39, 0.29) is 39.9 Å². The number of hydrogen-bond donors (Lipinski definition) is 0. The van der Waals surface area contributed by atoms with E-state index in [1.165, 1.54) is 25.1 Å². The first kappa shape index (κ1) is 23.0. The van der Waals surface area contributed by atoms with E-state index in [0.717, 1.165) is 6.07 Å². The lowest BCUT2D eigenvalue weighted by molar-refractivity contribution is -0.145. The number of halogens is 5. The molecule has 0 N–H and O–H groups in total. The van der Waals surface area contributed by atoms with Gasteiger partial charge in [-0.3, -0.25) is 9.78 Å². The Bertz CT molecular complexity index is 919. The van der Waals surface area contributed by atoms with Crippen LogP contribution in [0.25, 0.3) is 11.3 Å². The summed E-state index contributed by atoms with van der Waals surface area (Å²) < 4.78 is 48.3. The number of benzene rings is 1. The van der Waals surface area contributed by atoms with Crippen molar-refractivity contribution in [3.05, 3.63) is 51.6 Å². The lowest BCUT2D eigenvalue weighted by Gasteiger charge is -2.14. The molecule has 0 aliphatic rings. The third kappa shape index (κ3) is 6.08. The Labute approximate surface area is 174 Å². The molecule has 0 unspecified atom stereocenters. The largest absolute Gasteiger partial charge is 0.466 e. The van der Waals surface area contributed by atoms with E-state index in [4.69, 9.17) is 32.7 Å². The van der Waals surface area contributed by atoms with Gasteiger partial charge in [-0.2, -0.15) is 13.2 Å². The van der Waals surface area contributed by atoms with Crippen LogP contribution in [-0.2, 0) is 20.4 Å². The van der Waals surface area contributed by atoms with Crippen molar-refractivity contribution in [1.29, 1.82) is 0 Å². The van der Waals surface area contributed by atoms with E-state index >= 15 is 0 Å². The molecule has 156 valence electrons. The molecule has 5 nitrogen and oxygen atoms in total. The van der Waals surface area contributed by atoms with E-state index in [1.54, 1.807) is 6.92 Å². The topological polar surface area (TPSA) is 65.5 Å². The summed E-state index contributed by atoms with van der Waals surface area (Å²) in [7, 11) is 0. The quantitative estimate of drug-likeness (QED) is 0.539. The zero-order valence-corrected chi connectivity index (χ0v) is 16.9.